The Morgan fingerprint density at radius 1 is 1.18 bits per heavy atom. The van der Waals surface area contributed by atoms with Crippen LogP contribution in [0.2, 0.25) is 5.02 Å². The highest BCUT2D eigenvalue weighted by atomic mass is 35.5. The predicted molar refractivity (Wildman–Crippen MR) is 112 cm³/mol. The van der Waals surface area contributed by atoms with E-state index in [-0.39, 0.29) is 17.7 Å². The summed E-state index contributed by atoms with van der Waals surface area (Å²) in [5, 5.41) is 13.2. The van der Waals surface area contributed by atoms with E-state index in [9.17, 15) is 4.79 Å². The zero-order valence-electron chi connectivity index (χ0n) is 15.5. The number of nitrogens with one attached hydrogen (secondary N) is 1. The van der Waals surface area contributed by atoms with Crippen molar-refractivity contribution in [3.63, 3.8) is 0 Å². The molecule has 0 spiro atoms. The molecule has 1 fully saturated rings. The minimum absolute atomic E-state index is 0.0620. The second-order valence-corrected chi connectivity index (χ2v) is 8.24. The monoisotopic (exact) mass is 412 g/mol. The summed E-state index contributed by atoms with van der Waals surface area (Å²) in [5.74, 6) is 1.66. The van der Waals surface area contributed by atoms with Crippen molar-refractivity contribution in [2.24, 2.45) is 0 Å². The molecule has 2 aromatic carbocycles. The second kappa shape index (κ2) is 8.37. The Balaban J connectivity index is 1.45. The number of rotatable bonds is 7. The van der Waals surface area contributed by atoms with E-state index in [1.165, 1.54) is 11.8 Å². The Bertz CT molecular complexity index is 972. The molecule has 1 aliphatic rings. The van der Waals surface area contributed by atoms with E-state index < -0.39 is 0 Å². The highest BCUT2D eigenvalue weighted by molar-refractivity contribution is 7.99. The summed E-state index contributed by atoms with van der Waals surface area (Å²) in [6.07, 6.45) is 2.29. The van der Waals surface area contributed by atoms with Gasteiger partial charge in [0.25, 0.3) is 0 Å². The summed E-state index contributed by atoms with van der Waals surface area (Å²) in [4.78, 5) is 12.5. The van der Waals surface area contributed by atoms with Gasteiger partial charge in [0, 0.05) is 16.6 Å². The highest BCUT2D eigenvalue weighted by Gasteiger charge is 2.31. The fourth-order valence-electron chi connectivity index (χ4n) is 3.12. The minimum atomic E-state index is -0.157. The van der Waals surface area contributed by atoms with Gasteiger partial charge in [-0.2, -0.15) is 0 Å². The molecule has 1 N–H and O–H groups in total. The van der Waals surface area contributed by atoms with Crippen molar-refractivity contribution in [2.75, 3.05) is 5.75 Å². The number of carbonyl (C=O) groups is 1. The van der Waals surface area contributed by atoms with Crippen LogP contribution in [0.4, 0.5) is 0 Å². The zero-order valence-corrected chi connectivity index (χ0v) is 17.1. The average Bonchev–Trinajstić information content (AvgIpc) is 3.46. The predicted octanol–water partition coefficient (Wildman–Crippen LogP) is 4.77. The molecule has 7 heteroatoms. The van der Waals surface area contributed by atoms with Gasteiger partial charge in [-0.05, 0) is 43.5 Å². The summed E-state index contributed by atoms with van der Waals surface area (Å²) in [5.41, 5.74) is 1.94. The molecule has 1 heterocycles. The first-order chi connectivity index (χ1) is 13.6. The van der Waals surface area contributed by atoms with Crippen LogP contribution >= 0.6 is 23.4 Å². The van der Waals surface area contributed by atoms with Crippen LogP contribution in [0.3, 0.4) is 0 Å². The molecule has 1 aliphatic carbocycles. The third-order valence-corrected chi connectivity index (χ3v) is 5.97. The molecule has 1 aromatic heterocycles. The normalized spacial score (nSPS) is 14.6. The van der Waals surface area contributed by atoms with Crippen LogP contribution in [0.25, 0.3) is 5.69 Å². The maximum Gasteiger partial charge on any atom is 0.230 e. The molecule has 0 bridgehead atoms. The molecular weight excluding hydrogens is 392 g/mol. The second-order valence-electron chi connectivity index (χ2n) is 6.89. The van der Waals surface area contributed by atoms with Gasteiger partial charge >= 0.3 is 0 Å². The number of halogens is 1. The molecule has 4 rings (SSSR count). The van der Waals surface area contributed by atoms with E-state index in [0.717, 1.165) is 35.1 Å². The Kier molecular flexibility index (Phi) is 5.69. The van der Waals surface area contributed by atoms with Gasteiger partial charge in [0.2, 0.25) is 5.91 Å². The Hall–Kier alpha value is -2.31. The number of hydrogen-bond donors (Lipinski definition) is 1. The first-order valence-corrected chi connectivity index (χ1v) is 10.7. The summed E-state index contributed by atoms with van der Waals surface area (Å²) in [6.45, 7) is 1.93. The van der Waals surface area contributed by atoms with Crippen LogP contribution in [0.5, 0.6) is 0 Å². The van der Waals surface area contributed by atoms with Crippen LogP contribution in [-0.4, -0.2) is 26.4 Å². The Labute approximate surface area is 173 Å². The van der Waals surface area contributed by atoms with E-state index >= 15 is 0 Å². The van der Waals surface area contributed by atoms with Crippen molar-refractivity contribution >= 4 is 29.3 Å². The molecule has 0 aliphatic heterocycles. The number of aromatic nitrogens is 3. The minimum Gasteiger partial charge on any atom is -0.349 e. The van der Waals surface area contributed by atoms with Gasteiger partial charge in [-0.15, -0.1) is 10.2 Å². The van der Waals surface area contributed by atoms with E-state index in [0.29, 0.717) is 10.9 Å². The molecule has 1 unspecified atom stereocenters. The number of hydrogen-bond acceptors (Lipinski definition) is 4. The van der Waals surface area contributed by atoms with Crippen molar-refractivity contribution in [1.29, 1.82) is 0 Å². The van der Waals surface area contributed by atoms with Gasteiger partial charge in [-0.3, -0.25) is 9.36 Å². The fraction of sp³-hybridized carbons (Fsp3) is 0.286. The maximum atomic E-state index is 12.5. The lowest BCUT2D eigenvalue weighted by molar-refractivity contribution is -0.119. The van der Waals surface area contributed by atoms with Crippen molar-refractivity contribution < 1.29 is 4.79 Å². The van der Waals surface area contributed by atoms with Crippen LogP contribution in [0.15, 0.2) is 59.8 Å². The van der Waals surface area contributed by atoms with E-state index in [1.54, 1.807) is 0 Å². The summed E-state index contributed by atoms with van der Waals surface area (Å²) >= 11 is 7.63. The molecule has 0 radical (unpaired) electrons. The summed E-state index contributed by atoms with van der Waals surface area (Å²) < 4.78 is 2.08. The number of nitrogens with zero attached hydrogens (tertiary/aromatic N) is 3. The van der Waals surface area contributed by atoms with Gasteiger partial charge in [-0.25, -0.2) is 0 Å². The standard InChI is InChI=1S/C21H21ClN4OS/c1-14(17-9-5-6-10-18(17)22)23-19(27)13-28-21-25-24-20(15-11-12-15)26(21)16-7-3-2-4-8-16/h2-10,14-15H,11-13H2,1H3,(H,23,27). The van der Waals surface area contributed by atoms with Crippen LogP contribution in [0, 0.1) is 0 Å². The van der Waals surface area contributed by atoms with E-state index in [2.05, 4.69) is 20.1 Å². The molecule has 1 amide bonds. The first-order valence-electron chi connectivity index (χ1n) is 9.31. The molecule has 28 heavy (non-hydrogen) atoms. The zero-order chi connectivity index (χ0) is 19.5. The van der Waals surface area contributed by atoms with Crippen molar-refractivity contribution in [1.82, 2.24) is 20.1 Å². The van der Waals surface area contributed by atoms with Crippen LogP contribution in [0.1, 0.15) is 43.1 Å². The summed E-state index contributed by atoms with van der Waals surface area (Å²) in [6, 6.07) is 17.5. The number of thioether (sulfide) groups is 1. The third-order valence-electron chi connectivity index (χ3n) is 4.70. The molecule has 1 atom stereocenters. The van der Waals surface area contributed by atoms with Crippen molar-refractivity contribution in [3.8, 4) is 5.69 Å². The molecule has 0 saturated heterocycles. The topological polar surface area (TPSA) is 59.8 Å². The molecule has 5 nitrogen and oxygen atoms in total. The van der Waals surface area contributed by atoms with Gasteiger partial charge in [-0.1, -0.05) is 59.8 Å². The average molecular weight is 413 g/mol. The van der Waals surface area contributed by atoms with E-state index in [4.69, 9.17) is 11.6 Å². The first kappa shape index (κ1) is 19.0. The number of carbonyl (C=O) groups excluding carboxylic acids is 1. The van der Waals surface area contributed by atoms with Crippen LogP contribution < -0.4 is 5.32 Å². The molecule has 3 aromatic rings. The maximum absolute atomic E-state index is 12.5. The Morgan fingerprint density at radius 3 is 2.61 bits per heavy atom. The molecule has 1 saturated carbocycles. The third kappa shape index (κ3) is 4.23. The van der Waals surface area contributed by atoms with Gasteiger partial charge < -0.3 is 5.32 Å². The highest BCUT2D eigenvalue weighted by Crippen LogP contribution is 2.41. The Morgan fingerprint density at radius 2 is 1.89 bits per heavy atom. The number of amides is 1. The van der Waals surface area contributed by atoms with Crippen molar-refractivity contribution in [2.45, 2.75) is 36.9 Å². The number of para-hydroxylation sites is 1. The van der Waals surface area contributed by atoms with Gasteiger partial charge in [0.05, 0.1) is 11.8 Å². The quantitative estimate of drug-likeness (QED) is 0.568. The summed E-state index contributed by atoms with van der Waals surface area (Å²) in [7, 11) is 0. The molecular formula is C21H21ClN4OS. The molecule has 144 valence electrons. The van der Waals surface area contributed by atoms with E-state index in [1.807, 2.05) is 61.5 Å². The van der Waals surface area contributed by atoms with Gasteiger partial charge in [0.1, 0.15) is 5.82 Å². The number of benzene rings is 2. The fourth-order valence-corrected chi connectivity index (χ4v) is 4.19. The smallest absolute Gasteiger partial charge is 0.230 e. The lowest BCUT2D eigenvalue weighted by Crippen LogP contribution is -2.28. The lowest BCUT2D eigenvalue weighted by Gasteiger charge is -2.15. The largest absolute Gasteiger partial charge is 0.349 e. The lowest BCUT2D eigenvalue weighted by atomic mass is 10.1. The van der Waals surface area contributed by atoms with Crippen LogP contribution in [-0.2, 0) is 4.79 Å². The van der Waals surface area contributed by atoms with Gasteiger partial charge in [0.15, 0.2) is 5.16 Å². The SMILES string of the molecule is CC(NC(=O)CSc1nnc(C2CC2)n1-c1ccccc1)c1ccccc1Cl. The van der Waals surface area contributed by atoms with Crippen molar-refractivity contribution in [3.05, 3.63) is 71.0 Å².